The number of halogens is 1. The molecule has 0 aliphatic heterocycles. The molecular formula is C8H8ClN5O. The van der Waals surface area contributed by atoms with Crippen LogP contribution < -0.4 is 4.74 Å². The maximum atomic E-state index is 5.80. The van der Waals surface area contributed by atoms with E-state index in [1.807, 2.05) is 0 Å². The third-order valence-corrected chi connectivity index (χ3v) is 1.92. The zero-order valence-electron chi connectivity index (χ0n) is 7.96. The molecule has 2 rings (SSSR count). The first-order valence-corrected chi connectivity index (χ1v) is 4.59. The van der Waals surface area contributed by atoms with Crippen molar-refractivity contribution in [2.24, 2.45) is 7.05 Å². The number of nitrogens with zero attached hydrogens (tertiary/aromatic N) is 5. The van der Waals surface area contributed by atoms with Crippen LogP contribution in [0.5, 0.6) is 5.75 Å². The first kappa shape index (κ1) is 9.85. The Morgan fingerprint density at radius 1 is 1.53 bits per heavy atom. The molecule has 2 aromatic rings. The number of aryl methyl sites for hydroxylation is 1. The minimum absolute atomic E-state index is 0.221. The summed E-state index contributed by atoms with van der Waals surface area (Å²) in [5.41, 5.74) is 0. The van der Waals surface area contributed by atoms with Crippen molar-refractivity contribution in [3.63, 3.8) is 0 Å². The number of hydrogen-bond donors (Lipinski definition) is 0. The molecule has 2 heterocycles. The first-order chi connectivity index (χ1) is 7.25. The lowest BCUT2D eigenvalue weighted by Gasteiger charge is -2.03. The van der Waals surface area contributed by atoms with E-state index in [-0.39, 0.29) is 6.61 Å². The highest BCUT2D eigenvalue weighted by molar-refractivity contribution is 6.30. The van der Waals surface area contributed by atoms with E-state index in [0.29, 0.717) is 16.7 Å². The Bertz CT molecular complexity index is 458. The molecule has 0 atom stereocenters. The van der Waals surface area contributed by atoms with Crippen LogP contribution in [0.1, 0.15) is 5.82 Å². The van der Waals surface area contributed by atoms with Gasteiger partial charge in [-0.1, -0.05) is 11.6 Å². The van der Waals surface area contributed by atoms with Gasteiger partial charge in [-0.25, -0.2) is 4.98 Å². The molecular weight excluding hydrogens is 218 g/mol. The van der Waals surface area contributed by atoms with Gasteiger partial charge in [-0.05, 0) is 17.3 Å². The SMILES string of the molecule is Cn1nnc(COc2cccnc2Cl)n1. The predicted octanol–water partition coefficient (Wildman–Crippen LogP) is 0.837. The monoisotopic (exact) mass is 225 g/mol. The molecule has 15 heavy (non-hydrogen) atoms. The lowest BCUT2D eigenvalue weighted by molar-refractivity contribution is 0.294. The molecule has 0 saturated carbocycles. The van der Waals surface area contributed by atoms with Gasteiger partial charge in [0.25, 0.3) is 0 Å². The number of tetrazole rings is 1. The predicted molar refractivity (Wildman–Crippen MR) is 52.4 cm³/mol. The van der Waals surface area contributed by atoms with Crippen LogP contribution in [0.3, 0.4) is 0 Å². The van der Waals surface area contributed by atoms with Crippen LogP contribution in [-0.4, -0.2) is 25.2 Å². The van der Waals surface area contributed by atoms with E-state index in [9.17, 15) is 0 Å². The summed E-state index contributed by atoms with van der Waals surface area (Å²) in [6, 6.07) is 3.47. The molecule has 0 aliphatic carbocycles. The second-order valence-corrected chi connectivity index (χ2v) is 3.13. The number of rotatable bonds is 3. The maximum absolute atomic E-state index is 5.80. The van der Waals surface area contributed by atoms with Crippen LogP contribution >= 0.6 is 11.6 Å². The third-order valence-electron chi connectivity index (χ3n) is 1.63. The highest BCUT2D eigenvalue weighted by Crippen LogP contribution is 2.20. The summed E-state index contributed by atoms with van der Waals surface area (Å²) in [7, 11) is 1.69. The van der Waals surface area contributed by atoms with Gasteiger partial charge in [0, 0.05) is 6.20 Å². The van der Waals surface area contributed by atoms with E-state index in [0.717, 1.165) is 0 Å². The number of aromatic nitrogens is 5. The molecule has 0 spiro atoms. The summed E-state index contributed by atoms with van der Waals surface area (Å²) >= 11 is 5.80. The second-order valence-electron chi connectivity index (χ2n) is 2.78. The van der Waals surface area contributed by atoms with Gasteiger partial charge in [-0.2, -0.15) is 4.80 Å². The quantitative estimate of drug-likeness (QED) is 0.725. The molecule has 6 nitrogen and oxygen atoms in total. The van der Waals surface area contributed by atoms with E-state index in [4.69, 9.17) is 16.3 Å². The minimum Gasteiger partial charge on any atom is -0.482 e. The Morgan fingerprint density at radius 2 is 2.40 bits per heavy atom. The fraction of sp³-hybridized carbons (Fsp3) is 0.250. The molecule has 0 radical (unpaired) electrons. The second kappa shape index (κ2) is 4.22. The maximum Gasteiger partial charge on any atom is 0.212 e. The molecule has 0 bridgehead atoms. The Hall–Kier alpha value is -1.69. The molecule has 0 fully saturated rings. The van der Waals surface area contributed by atoms with Crippen LogP contribution in [0.4, 0.5) is 0 Å². The summed E-state index contributed by atoms with van der Waals surface area (Å²) in [5.74, 6) is 1.00. The van der Waals surface area contributed by atoms with Gasteiger partial charge in [0.2, 0.25) is 5.82 Å². The topological polar surface area (TPSA) is 65.7 Å². The van der Waals surface area contributed by atoms with E-state index < -0.39 is 0 Å². The van der Waals surface area contributed by atoms with Crippen LogP contribution in [0.15, 0.2) is 18.3 Å². The zero-order valence-corrected chi connectivity index (χ0v) is 8.72. The Balaban J connectivity index is 2.02. The van der Waals surface area contributed by atoms with Crippen molar-refractivity contribution in [2.75, 3.05) is 0 Å². The van der Waals surface area contributed by atoms with Gasteiger partial charge in [-0.15, -0.1) is 10.2 Å². The van der Waals surface area contributed by atoms with Gasteiger partial charge in [0.15, 0.2) is 17.5 Å². The molecule has 2 aromatic heterocycles. The summed E-state index contributed by atoms with van der Waals surface area (Å²) in [6.07, 6.45) is 1.59. The lowest BCUT2D eigenvalue weighted by atomic mass is 10.4. The van der Waals surface area contributed by atoms with E-state index in [2.05, 4.69) is 20.4 Å². The molecule has 7 heteroatoms. The van der Waals surface area contributed by atoms with Crippen LogP contribution in [0, 0.1) is 0 Å². The van der Waals surface area contributed by atoms with Crippen molar-refractivity contribution in [3.8, 4) is 5.75 Å². The highest BCUT2D eigenvalue weighted by Gasteiger charge is 2.04. The van der Waals surface area contributed by atoms with Crippen molar-refractivity contribution in [1.29, 1.82) is 0 Å². The molecule has 0 N–H and O–H groups in total. The zero-order chi connectivity index (χ0) is 10.7. The average molecular weight is 226 g/mol. The molecule has 0 unspecified atom stereocenters. The van der Waals surface area contributed by atoms with Crippen LogP contribution in [0.2, 0.25) is 5.15 Å². The minimum atomic E-state index is 0.221. The summed E-state index contributed by atoms with van der Waals surface area (Å²) in [4.78, 5) is 5.24. The van der Waals surface area contributed by atoms with Gasteiger partial charge in [-0.3, -0.25) is 0 Å². The van der Waals surface area contributed by atoms with Crippen molar-refractivity contribution >= 4 is 11.6 Å². The van der Waals surface area contributed by atoms with Crippen molar-refractivity contribution in [3.05, 3.63) is 29.3 Å². The van der Waals surface area contributed by atoms with Crippen LogP contribution in [-0.2, 0) is 13.7 Å². The van der Waals surface area contributed by atoms with Crippen molar-refractivity contribution < 1.29 is 4.74 Å². The first-order valence-electron chi connectivity index (χ1n) is 4.22. The van der Waals surface area contributed by atoms with Crippen molar-refractivity contribution in [2.45, 2.75) is 6.61 Å². The standard InChI is InChI=1S/C8H8ClN5O/c1-14-12-7(11-13-14)5-15-6-3-2-4-10-8(6)9/h2-4H,5H2,1H3. The normalized spacial score (nSPS) is 10.3. The number of ether oxygens (including phenoxy) is 1. The van der Waals surface area contributed by atoms with E-state index in [1.54, 1.807) is 25.4 Å². The third kappa shape index (κ3) is 2.41. The molecule has 0 aromatic carbocycles. The van der Waals surface area contributed by atoms with Gasteiger partial charge < -0.3 is 4.74 Å². The Morgan fingerprint density at radius 3 is 3.07 bits per heavy atom. The molecule has 0 amide bonds. The number of pyridine rings is 1. The van der Waals surface area contributed by atoms with Gasteiger partial charge in [0.1, 0.15) is 0 Å². The highest BCUT2D eigenvalue weighted by atomic mass is 35.5. The fourth-order valence-electron chi connectivity index (χ4n) is 1.00. The smallest absolute Gasteiger partial charge is 0.212 e. The van der Waals surface area contributed by atoms with Gasteiger partial charge in [0.05, 0.1) is 7.05 Å². The van der Waals surface area contributed by atoms with Gasteiger partial charge >= 0.3 is 0 Å². The number of hydrogen-bond acceptors (Lipinski definition) is 5. The molecule has 0 saturated heterocycles. The Labute approximate surface area is 90.8 Å². The Kier molecular flexibility index (Phi) is 2.77. The summed E-state index contributed by atoms with van der Waals surface area (Å²) in [6.45, 7) is 0.221. The van der Waals surface area contributed by atoms with Crippen LogP contribution in [0.25, 0.3) is 0 Å². The largest absolute Gasteiger partial charge is 0.482 e. The lowest BCUT2D eigenvalue weighted by Crippen LogP contribution is -1.99. The van der Waals surface area contributed by atoms with E-state index in [1.165, 1.54) is 4.80 Å². The van der Waals surface area contributed by atoms with Crippen molar-refractivity contribution in [1.82, 2.24) is 25.2 Å². The molecule has 78 valence electrons. The summed E-state index contributed by atoms with van der Waals surface area (Å²) < 4.78 is 5.36. The van der Waals surface area contributed by atoms with E-state index >= 15 is 0 Å². The average Bonchev–Trinajstić information content (AvgIpc) is 2.63. The fourth-order valence-corrected chi connectivity index (χ4v) is 1.18. The summed E-state index contributed by atoms with van der Waals surface area (Å²) in [5, 5.41) is 11.7. The molecule has 0 aliphatic rings.